The summed E-state index contributed by atoms with van der Waals surface area (Å²) in [6, 6.07) is 48.5. The van der Waals surface area contributed by atoms with Crippen molar-refractivity contribution in [3.05, 3.63) is 152 Å². The predicted octanol–water partition coefficient (Wildman–Crippen LogP) is 6.65. The molecule has 6 heteroatoms. The Bertz CT molecular complexity index is 1630. The van der Waals surface area contributed by atoms with Crippen molar-refractivity contribution in [3.8, 4) is 11.4 Å². The van der Waals surface area contributed by atoms with Gasteiger partial charge >= 0.3 is 0 Å². The molecule has 0 aliphatic carbocycles. The maximum atomic E-state index is 15.3. The Morgan fingerprint density at radius 2 is 0.872 bits per heavy atom. The minimum Gasteiger partial charge on any atom is -0.305 e. The van der Waals surface area contributed by atoms with Crippen LogP contribution in [0.4, 0.5) is 17.3 Å². The van der Waals surface area contributed by atoms with Crippen LogP contribution >= 0.6 is 7.14 Å². The van der Waals surface area contributed by atoms with Gasteiger partial charge in [-0.25, -0.2) is 4.98 Å². The predicted molar refractivity (Wildman–Crippen MR) is 159 cm³/mol. The Morgan fingerprint density at radius 3 is 1.33 bits per heavy atom. The first kappa shape index (κ1) is 24.5. The molecule has 0 N–H and O–H groups in total. The second-order valence-electron chi connectivity index (χ2n) is 8.91. The van der Waals surface area contributed by atoms with E-state index in [-0.39, 0.29) is 5.57 Å². The summed E-state index contributed by atoms with van der Waals surface area (Å²) in [5.41, 5.74) is 2.82. The molecule has 5 aromatic carbocycles. The molecule has 0 spiro atoms. The molecule has 1 aromatic heterocycles. The van der Waals surface area contributed by atoms with Crippen LogP contribution in [-0.2, 0) is 4.57 Å². The van der Waals surface area contributed by atoms with E-state index < -0.39 is 7.14 Å². The third-order valence-corrected chi connectivity index (χ3v) is 9.21. The second kappa shape index (κ2) is 10.9. The molecule has 1 heterocycles. The molecular weight excluding hydrogens is 499 g/mol. The number of rotatable bonds is 7. The zero-order valence-electron chi connectivity index (χ0n) is 21.1. The highest BCUT2D eigenvalue weighted by molar-refractivity contribution is 7.84. The van der Waals surface area contributed by atoms with Crippen molar-refractivity contribution in [2.45, 2.75) is 0 Å². The molecule has 5 nitrogen and oxygen atoms in total. The van der Waals surface area contributed by atoms with Crippen LogP contribution in [0.15, 0.2) is 152 Å². The van der Waals surface area contributed by atoms with Crippen molar-refractivity contribution in [1.82, 2.24) is 15.0 Å². The summed E-state index contributed by atoms with van der Waals surface area (Å²) >= 11 is 0. The van der Waals surface area contributed by atoms with E-state index in [9.17, 15) is 0 Å². The van der Waals surface area contributed by atoms with Gasteiger partial charge in [0.2, 0.25) is 18.7 Å². The topological polar surface area (TPSA) is 59.0 Å². The summed E-state index contributed by atoms with van der Waals surface area (Å²) in [5, 5.41) is 1.33. The van der Waals surface area contributed by atoms with Gasteiger partial charge in [-0.05, 0) is 24.3 Å². The van der Waals surface area contributed by atoms with Crippen molar-refractivity contribution in [2.75, 3.05) is 4.90 Å². The van der Waals surface area contributed by atoms with E-state index >= 15 is 4.57 Å². The molecule has 6 aromatic rings. The van der Waals surface area contributed by atoms with Crippen LogP contribution in [0.25, 0.3) is 11.4 Å². The quantitative estimate of drug-likeness (QED) is 0.219. The van der Waals surface area contributed by atoms with E-state index in [1.165, 1.54) is 0 Å². The van der Waals surface area contributed by atoms with Crippen molar-refractivity contribution in [1.29, 1.82) is 0 Å². The average Bonchev–Trinajstić information content (AvgIpc) is 3.03. The second-order valence-corrected chi connectivity index (χ2v) is 11.6. The third kappa shape index (κ3) is 4.88. The zero-order valence-corrected chi connectivity index (χ0v) is 22.0. The van der Waals surface area contributed by atoms with Crippen LogP contribution in [0.1, 0.15) is 0 Å². The Morgan fingerprint density at radius 1 is 0.462 bits per heavy atom. The first-order valence-corrected chi connectivity index (χ1v) is 14.4. The Hall–Kier alpha value is -4.86. The number of nitrogens with zero attached hydrogens (tertiary/aromatic N) is 4. The van der Waals surface area contributed by atoms with Gasteiger partial charge in [0.25, 0.3) is 0 Å². The molecule has 0 amide bonds. The van der Waals surface area contributed by atoms with Crippen LogP contribution < -0.4 is 21.1 Å². The summed E-state index contributed by atoms with van der Waals surface area (Å²) in [7, 11) is -3.46. The molecule has 188 valence electrons. The van der Waals surface area contributed by atoms with Crippen LogP contribution in [0, 0.1) is 0 Å². The molecule has 0 aliphatic rings. The minimum absolute atomic E-state index is 0.237. The monoisotopic (exact) mass is 524 g/mol. The Labute approximate surface area is 227 Å². The lowest BCUT2D eigenvalue weighted by Gasteiger charge is -2.25. The first-order valence-electron chi connectivity index (χ1n) is 12.7. The largest absolute Gasteiger partial charge is 0.305 e. The van der Waals surface area contributed by atoms with Crippen LogP contribution in [0.3, 0.4) is 0 Å². The van der Waals surface area contributed by atoms with E-state index in [2.05, 4.69) is 0 Å². The third-order valence-electron chi connectivity index (χ3n) is 6.39. The fourth-order valence-corrected chi connectivity index (χ4v) is 6.91. The lowest BCUT2D eigenvalue weighted by molar-refractivity contribution is 0.591. The maximum absolute atomic E-state index is 15.3. The number of para-hydroxylation sites is 2. The van der Waals surface area contributed by atoms with Gasteiger partial charge in [-0.15, -0.1) is 0 Å². The van der Waals surface area contributed by atoms with Crippen LogP contribution in [0.5, 0.6) is 0 Å². The lowest BCUT2D eigenvalue weighted by Crippen LogP contribution is -2.31. The molecule has 0 atom stereocenters. The molecule has 0 bridgehead atoms. The number of aromatic nitrogens is 3. The SMILES string of the molecule is O=P(c1ccccc1)(c1ccccc1)c1nc(-c2ccccc2)nc(N(c2ccccc2)c2ccccc2)n1. The van der Waals surface area contributed by atoms with E-state index in [1.54, 1.807) is 0 Å². The molecule has 0 fully saturated rings. The number of hydrogen-bond donors (Lipinski definition) is 0. The highest BCUT2D eigenvalue weighted by Gasteiger charge is 2.35. The highest BCUT2D eigenvalue weighted by Crippen LogP contribution is 2.42. The van der Waals surface area contributed by atoms with Gasteiger partial charge in [0.1, 0.15) is 0 Å². The fraction of sp³-hybridized carbons (Fsp3) is 0. The number of anilines is 3. The van der Waals surface area contributed by atoms with Gasteiger partial charge in [0.05, 0.1) is 0 Å². The van der Waals surface area contributed by atoms with Gasteiger partial charge in [-0.3, -0.25) is 4.90 Å². The Kier molecular flexibility index (Phi) is 6.82. The summed E-state index contributed by atoms with van der Waals surface area (Å²) in [4.78, 5) is 16.8. The normalized spacial score (nSPS) is 11.2. The van der Waals surface area contributed by atoms with Crippen molar-refractivity contribution >= 4 is 40.6 Å². The highest BCUT2D eigenvalue weighted by atomic mass is 31.2. The molecule has 39 heavy (non-hydrogen) atoms. The number of benzene rings is 5. The maximum Gasteiger partial charge on any atom is 0.238 e. The van der Waals surface area contributed by atoms with E-state index in [0.717, 1.165) is 16.9 Å². The standard InChI is InChI=1S/C33H25N4OP/c38-39(29-22-12-4-13-23-29,30-24-14-5-15-25-30)33-35-31(26-16-6-1-7-17-26)34-32(36-33)37(27-18-8-2-9-19-27)28-20-10-3-11-21-28/h1-25H. The Balaban J connectivity index is 1.66. The molecule has 0 aliphatic heterocycles. The average molecular weight is 525 g/mol. The minimum atomic E-state index is -3.46. The summed E-state index contributed by atoms with van der Waals surface area (Å²) in [6.45, 7) is 0. The van der Waals surface area contributed by atoms with Crippen LogP contribution in [0.2, 0.25) is 0 Å². The molecule has 0 saturated carbocycles. The lowest BCUT2D eigenvalue weighted by atomic mass is 10.2. The van der Waals surface area contributed by atoms with Crippen molar-refractivity contribution in [2.24, 2.45) is 0 Å². The van der Waals surface area contributed by atoms with Crippen LogP contribution in [-0.4, -0.2) is 15.0 Å². The van der Waals surface area contributed by atoms with Gasteiger partial charge in [-0.1, -0.05) is 127 Å². The molecule has 0 unspecified atom stereocenters. The van der Waals surface area contributed by atoms with Crippen molar-refractivity contribution < 1.29 is 4.57 Å². The van der Waals surface area contributed by atoms with Gasteiger partial charge in [0.15, 0.2) is 5.82 Å². The zero-order chi connectivity index (χ0) is 26.5. The van der Waals surface area contributed by atoms with E-state index in [1.807, 2.05) is 157 Å². The fourth-order valence-electron chi connectivity index (χ4n) is 4.50. The molecule has 0 saturated heterocycles. The van der Waals surface area contributed by atoms with E-state index in [0.29, 0.717) is 22.4 Å². The van der Waals surface area contributed by atoms with Crippen molar-refractivity contribution in [3.63, 3.8) is 0 Å². The van der Waals surface area contributed by atoms with Gasteiger partial charge < -0.3 is 4.57 Å². The van der Waals surface area contributed by atoms with E-state index in [4.69, 9.17) is 15.0 Å². The summed E-state index contributed by atoms with van der Waals surface area (Å²) in [6.07, 6.45) is 0. The smallest absolute Gasteiger partial charge is 0.238 e. The first-order chi connectivity index (χ1) is 19.2. The number of hydrogen-bond acceptors (Lipinski definition) is 5. The van der Waals surface area contributed by atoms with Gasteiger partial charge in [-0.2, -0.15) is 9.97 Å². The molecule has 0 radical (unpaired) electrons. The molecular formula is C33H25N4OP. The molecule has 6 rings (SSSR count). The van der Waals surface area contributed by atoms with Gasteiger partial charge in [0, 0.05) is 27.5 Å². The summed E-state index contributed by atoms with van der Waals surface area (Å²) < 4.78 is 15.3. The summed E-state index contributed by atoms with van der Waals surface area (Å²) in [5.74, 6) is 0.850.